The molecule has 0 unspecified atom stereocenters. The molecule has 2 fully saturated rings. The number of carbonyl (C=O) groups excluding carboxylic acids is 3. The van der Waals surface area contributed by atoms with Gasteiger partial charge in [-0.15, -0.1) is 0 Å². The van der Waals surface area contributed by atoms with Crippen molar-refractivity contribution in [3.05, 3.63) is 30.1 Å². The van der Waals surface area contributed by atoms with Crippen molar-refractivity contribution >= 4 is 17.8 Å². The highest BCUT2D eigenvalue weighted by Gasteiger charge is 2.48. The molecular weight excluding hydrogens is 290 g/mol. The van der Waals surface area contributed by atoms with Gasteiger partial charge in [0.05, 0.1) is 6.04 Å². The normalized spacial score (nSPS) is 23.6. The molecule has 0 spiro atoms. The Balaban J connectivity index is 1.76. The quantitative estimate of drug-likeness (QED) is 0.252. The maximum Gasteiger partial charge on any atom is 0.344 e. The molecule has 0 saturated carbocycles. The average molecular weight is 305 g/mol. The van der Waals surface area contributed by atoms with Gasteiger partial charge in [0.15, 0.2) is 0 Å². The fourth-order valence-electron chi connectivity index (χ4n) is 2.78. The molecule has 2 aliphatic heterocycles. The van der Waals surface area contributed by atoms with Crippen LogP contribution in [0.5, 0.6) is 0 Å². The van der Waals surface area contributed by atoms with Crippen LogP contribution in [-0.2, 0) is 4.79 Å². The lowest BCUT2D eigenvalue weighted by molar-refractivity contribution is -0.134. The summed E-state index contributed by atoms with van der Waals surface area (Å²) in [5, 5.41) is 10.7. The second kappa shape index (κ2) is 5.35. The first-order chi connectivity index (χ1) is 10.5. The number of urea groups is 1. The highest BCUT2D eigenvalue weighted by atomic mass is 16.5. The van der Waals surface area contributed by atoms with Gasteiger partial charge in [-0.3, -0.25) is 19.8 Å². The predicted octanol–water partition coefficient (Wildman–Crippen LogP) is -0.418. The second-order valence-corrected chi connectivity index (χ2v) is 5.25. The van der Waals surface area contributed by atoms with E-state index >= 15 is 0 Å². The molecule has 22 heavy (non-hydrogen) atoms. The van der Waals surface area contributed by atoms with Gasteiger partial charge in [0.1, 0.15) is 11.7 Å². The highest BCUT2D eigenvalue weighted by Crippen LogP contribution is 2.29. The van der Waals surface area contributed by atoms with Gasteiger partial charge in [-0.25, -0.2) is 20.7 Å². The third kappa shape index (κ3) is 2.20. The Kier molecular flexibility index (Phi) is 3.51. The number of piperidine rings is 1. The van der Waals surface area contributed by atoms with Crippen molar-refractivity contribution in [3.63, 3.8) is 0 Å². The number of hydroxylamine groups is 2. The molecule has 2 atom stereocenters. The molecule has 0 aromatic carbocycles. The maximum absolute atomic E-state index is 12.4. The van der Waals surface area contributed by atoms with E-state index in [4.69, 9.17) is 5.84 Å². The lowest BCUT2D eigenvalue weighted by atomic mass is 10.00. The summed E-state index contributed by atoms with van der Waals surface area (Å²) >= 11 is 0. The zero-order valence-electron chi connectivity index (χ0n) is 11.6. The summed E-state index contributed by atoms with van der Waals surface area (Å²) < 4.78 is 0. The maximum atomic E-state index is 12.4. The van der Waals surface area contributed by atoms with Crippen molar-refractivity contribution in [2.45, 2.75) is 24.9 Å². The zero-order chi connectivity index (χ0) is 15.9. The molecule has 2 aliphatic rings. The van der Waals surface area contributed by atoms with Crippen LogP contribution in [-0.4, -0.2) is 61.6 Å². The summed E-state index contributed by atoms with van der Waals surface area (Å²) in [4.78, 5) is 41.5. The molecule has 2 bridgehead atoms. The summed E-state index contributed by atoms with van der Waals surface area (Å²) in [7, 11) is 0. The van der Waals surface area contributed by atoms with Crippen LogP contribution in [0, 0.1) is 0 Å². The Bertz CT molecular complexity index is 622. The number of fused-ring (bicyclic) bond motifs is 2. The molecule has 9 heteroatoms. The number of imide groups is 1. The molecule has 0 aliphatic carbocycles. The van der Waals surface area contributed by atoms with E-state index in [0.717, 1.165) is 0 Å². The number of aromatic nitrogens is 1. The second-order valence-electron chi connectivity index (χ2n) is 5.25. The highest BCUT2D eigenvalue weighted by molar-refractivity contribution is 6.05. The van der Waals surface area contributed by atoms with E-state index in [1.807, 2.05) is 0 Å². The largest absolute Gasteiger partial charge is 0.344 e. The SMILES string of the molecule is NN(C(=O)c1ccccn1)C(=O)[C@@H]1CC[C@@H]2CN1C(=O)N2O. The van der Waals surface area contributed by atoms with Crippen molar-refractivity contribution in [1.29, 1.82) is 0 Å². The molecule has 2 saturated heterocycles. The van der Waals surface area contributed by atoms with E-state index in [2.05, 4.69) is 4.98 Å². The van der Waals surface area contributed by atoms with Crippen molar-refractivity contribution in [1.82, 2.24) is 20.0 Å². The first-order valence-electron chi connectivity index (χ1n) is 6.83. The van der Waals surface area contributed by atoms with Gasteiger partial charge in [0, 0.05) is 12.7 Å². The first kappa shape index (κ1) is 14.4. The Labute approximate surface area is 125 Å². The van der Waals surface area contributed by atoms with Crippen molar-refractivity contribution in [2.75, 3.05) is 6.54 Å². The van der Waals surface area contributed by atoms with Crippen LogP contribution in [0.1, 0.15) is 23.3 Å². The molecule has 3 rings (SSSR count). The summed E-state index contributed by atoms with van der Waals surface area (Å²) in [6.07, 6.45) is 2.24. The van der Waals surface area contributed by atoms with Crippen molar-refractivity contribution in [2.24, 2.45) is 5.84 Å². The fourth-order valence-corrected chi connectivity index (χ4v) is 2.78. The molecule has 3 heterocycles. The van der Waals surface area contributed by atoms with Gasteiger partial charge in [-0.1, -0.05) is 6.07 Å². The topological polar surface area (TPSA) is 120 Å². The van der Waals surface area contributed by atoms with Crippen LogP contribution in [0.3, 0.4) is 0 Å². The van der Waals surface area contributed by atoms with Gasteiger partial charge in [-0.2, -0.15) is 0 Å². The number of nitrogens with two attached hydrogens (primary N) is 1. The number of amides is 4. The zero-order valence-corrected chi connectivity index (χ0v) is 11.6. The predicted molar refractivity (Wildman–Crippen MR) is 72.1 cm³/mol. The molecule has 1 aromatic heterocycles. The van der Waals surface area contributed by atoms with Gasteiger partial charge in [-0.05, 0) is 25.0 Å². The van der Waals surface area contributed by atoms with E-state index < -0.39 is 23.9 Å². The first-order valence-corrected chi connectivity index (χ1v) is 6.83. The van der Waals surface area contributed by atoms with E-state index in [1.165, 1.54) is 17.2 Å². The van der Waals surface area contributed by atoms with Gasteiger partial charge >= 0.3 is 6.03 Å². The lowest BCUT2D eigenvalue weighted by Gasteiger charge is -2.31. The van der Waals surface area contributed by atoms with Gasteiger partial charge in [0.25, 0.3) is 11.8 Å². The van der Waals surface area contributed by atoms with Crippen LogP contribution in [0.25, 0.3) is 0 Å². The van der Waals surface area contributed by atoms with Gasteiger partial charge < -0.3 is 4.90 Å². The van der Waals surface area contributed by atoms with Crippen molar-refractivity contribution in [3.8, 4) is 0 Å². The molecular formula is C13H15N5O4. The minimum Gasteiger partial charge on any atom is -0.309 e. The molecule has 4 amide bonds. The fraction of sp³-hybridized carbons (Fsp3) is 0.385. The summed E-state index contributed by atoms with van der Waals surface area (Å²) in [6.45, 7) is 0.247. The monoisotopic (exact) mass is 305 g/mol. The summed E-state index contributed by atoms with van der Waals surface area (Å²) in [6, 6.07) is 2.90. The minimum atomic E-state index is -0.849. The Morgan fingerprint density at radius 1 is 1.36 bits per heavy atom. The number of hydrazine groups is 1. The lowest BCUT2D eigenvalue weighted by Crippen LogP contribution is -2.55. The van der Waals surface area contributed by atoms with Crippen LogP contribution in [0.15, 0.2) is 24.4 Å². The molecule has 9 nitrogen and oxygen atoms in total. The number of hydrogen-bond acceptors (Lipinski definition) is 6. The number of nitrogens with zero attached hydrogens (tertiary/aromatic N) is 4. The van der Waals surface area contributed by atoms with Crippen LogP contribution >= 0.6 is 0 Å². The van der Waals surface area contributed by atoms with Gasteiger partial charge in [0.2, 0.25) is 0 Å². The molecule has 3 N–H and O–H groups in total. The number of carbonyl (C=O) groups is 3. The number of pyridine rings is 1. The smallest absolute Gasteiger partial charge is 0.309 e. The van der Waals surface area contributed by atoms with Crippen LogP contribution in [0.2, 0.25) is 0 Å². The average Bonchev–Trinajstić information content (AvgIpc) is 2.78. The Morgan fingerprint density at radius 2 is 2.14 bits per heavy atom. The van der Waals surface area contributed by atoms with E-state index in [1.54, 1.807) is 12.1 Å². The molecule has 116 valence electrons. The molecule has 0 radical (unpaired) electrons. The van der Waals surface area contributed by atoms with Crippen molar-refractivity contribution < 1.29 is 19.6 Å². The summed E-state index contributed by atoms with van der Waals surface area (Å²) in [5.74, 6) is 4.20. The molecule has 1 aromatic rings. The van der Waals surface area contributed by atoms with E-state index in [0.29, 0.717) is 22.9 Å². The summed E-state index contributed by atoms with van der Waals surface area (Å²) in [5.41, 5.74) is 0.0450. The number of hydrogen-bond donors (Lipinski definition) is 2. The Hall–Kier alpha value is -2.52. The minimum absolute atomic E-state index is 0.0450. The van der Waals surface area contributed by atoms with Crippen LogP contribution < -0.4 is 5.84 Å². The van der Waals surface area contributed by atoms with E-state index in [-0.39, 0.29) is 18.3 Å². The third-order valence-electron chi connectivity index (χ3n) is 3.97. The number of rotatable bonds is 2. The van der Waals surface area contributed by atoms with Crippen LogP contribution in [0.4, 0.5) is 4.79 Å². The third-order valence-corrected chi connectivity index (χ3v) is 3.97. The standard InChI is InChI=1S/C13H15N5O4/c14-17(11(19)9-3-1-2-6-15-9)12(20)10-5-4-8-7-16(10)13(21)18(8)22/h1-3,6,8,10,22H,4-5,7,14H2/t8-,10+/m1/s1. The Morgan fingerprint density at radius 3 is 2.82 bits per heavy atom. The van der Waals surface area contributed by atoms with E-state index in [9.17, 15) is 19.6 Å².